The van der Waals surface area contributed by atoms with Gasteiger partial charge in [-0.1, -0.05) is 45.0 Å². The quantitative estimate of drug-likeness (QED) is 0.614. The van der Waals surface area contributed by atoms with Gasteiger partial charge in [0.2, 0.25) is 0 Å². The highest BCUT2D eigenvalue weighted by molar-refractivity contribution is 5.81. The van der Waals surface area contributed by atoms with Crippen molar-refractivity contribution in [1.82, 2.24) is 5.32 Å². The van der Waals surface area contributed by atoms with Gasteiger partial charge < -0.3 is 19.5 Å². The summed E-state index contributed by atoms with van der Waals surface area (Å²) in [5.74, 6) is 2.53. The molecule has 0 aliphatic carbocycles. The van der Waals surface area contributed by atoms with Crippen LogP contribution in [0.2, 0.25) is 0 Å². The number of para-hydroxylation sites is 1. The molecule has 1 unspecified atom stereocenters. The summed E-state index contributed by atoms with van der Waals surface area (Å²) < 4.78 is 17.0. The summed E-state index contributed by atoms with van der Waals surface area (Å²) in [6.45, 7) is 7.31. The standard InChI is InChI=1S/C23H31NO4/c1-5-20(28-19-9-7-6-8-10-19)23(25)24-16-18-11-12-21(22(15-18)26-4)27-14-13-17(2)3/h6-12,15,17,20H,5,13-14,16H2,1-4H3,(H,24,25). The van der Waals surface area contributed by atoms with E-state index < -0.39 is 6.10 Å². The second kappa shape index (κ2) is 11.2. The largest absolute Gasteiger partial charge is 0.493 e. The Labute approximate surface area is 168 Å². The molecule has 0 bridgehead atoms. The minimum Gasteiger partial charge on any atom is -0.493 e. The Balaban J connectivity index is 1.92. The number of hydrogen-bond acceptors (Lipinski definition) is 4. The molecule has 1 amide bonds. The molecule has 28 heavy (non-hydrogen) atoms. The first kappa shape index (κ1) is 21.6. The average Bonchev–Trinajstić information content (AvgIpc) is 2.71. The number of hydrogen-bond donors (Lipinski definition) is 1. The lowest BCUT2D eigenvalue weighted by Crippen LogP contribution is -2.37. The summed E-state index contributed by atoms with van der Waals surface area (Å²) in [6, 6.07) is 15.1. The van der Waals surface area contributed by atoms with Gasteiger partial charge in [0, 0.05) is 6.54 Å². The molecule has 0 aliphatic rings. The minimum absolute atomic E-state index is 0.137. The van der Waals surface area contributed by atoms with Crippen LogP contribution >= 0.6 is 0 Å². The van der Waals surface area contributed by atoms with Gasteiger partial charge in [0.15, 0.2) is 17.6 Å². The summed E-state index contributed by atoms with van der Waals surface area (Å²) in [5, 5.41) is 2.94. The van der Waals surface area contributed by atoms with Gasteiger partial charge in [-0.3, -0.25) is 4.79 Å². The fourth-order valence-electron chi connectivity index (χ4n) is 2.63. The molecular formula is C23H31NO4. The number of rotatable bonds is 11. The molecule has 0 spiro atoms. The normalized spacial score (nSPS) is 11.8. The third-order valence-corrected chi connectivity index (χ3v) is 4.33. The lowest BCUT2D eigenvalue weighted by molar-refractivity contribution is -0.128. The van der Waals surface area contributed by atoms with Crippen molar-refractivity contribution in [3.63, 3.8) is 0 Å². The number of carbonyl (C=O) groups is 1. The molecule has 2 rings (SSSR count). The number of carbonyl (C=O) groups excluding carboxylic acids is 1. The molecule has 1 N–H and O–H groups in total. The fourth-order valence-corrected chi connectivity index (χ4v) is 2.63. The molecule has 2 aromatic rings. The van der Waals surface area contributed by atoms with Crippen molar-refractivity contribution in [1.29, 1.82) is 0 Å². The van der Waals surface area contributed by atoms with Crippen molar-refractivity contribution in [2.24, 2.45) is 5.92 Å². The van der Waals surface area contributed by atoms with E-state index in [0.29, 0.717) is 37.0 Å². The van der Waals surface area contributed by atoms with Crippen LogP contribution in [-0.2, 0) is 11.3 Å². The summed E-state index contributed by atoms with van der Waals surface area (Å²) in [5.41, 5.74) is 0.941. The van der Waals surface area contributed by atoms with Crippen molar-refractivity contribution in [3.8, 4) is 17.2 Å². The van der Waals surface area contributed by atoms with Gasteiger partial charge in [-0.15, -0.1) is 0 Å². The second-order valence-corrected chi connectivity index (χ2v) is 7.06. The second-order valence-electron chi connectivity index (χ2n) is 7.06. The van der Waals surface area contributed by atoms with E-state index in [-0.39, 0.29) is 5.91 Å². The van der Waals surface area contributed by atoms with Crippen LogP contribution in [0.1, 0.15) is 39.2 Å². The zero-order valence-electron chi connectivity index (χ0n) is 17.2. The summed E-state index contributed by atoms with van der Waals surface area (Å²) in [7, 11) is 1.62. The van der Waals surface area contributed by atoms with Crippen molar-refractivity contribution >= 4 is 5.91 Å². The SMILES string of the molecule is CCC(Oc1ccccc1)C(=O)NCc1ccc(OCCC(C)C)c(OC)c1. The molecule has 152 valence electrons. The molecule has 0 aliphatic heterocycles. The van der Waals surface area contributed by atoms with E-state index in [2.05, 4.69) is 19.2 Å². The van der Waals surface area contributed by atoms with Gasteiger partial charge in [-0.25, -0.2) is 0 Å². The van der Waals surface area contributed by atoms with E-state index in [0.717, 1.165) is 17.7 Å². The van der Waals surface area contributed by atoms with Crippen LogP contribution in [0.3, 0.4) is 0 Å². The molecular weight excluding hydrogens is 354 g/mol. The van der Waals surface area contributed by atoms with Crippen LogP contribution in [0.25, 0.3) is 0 Å². The van der Waals surface area contributed by atoms with E-state index >= 15 is 0 Å². The van der Waals surface area contributed by atoms with E-state index in [4.69, 9.17) is 14.2 Å². The highest BCUT2D eigenvalue weighted by Gasteiger charge is 2.18. The number of ether oxygens (including phenoxy) is 3. The van der Waals surface area contributed by atoms with Crippen molar-refractivity contribution in [3.05, 3.63) is 54.1 Å². The molecule has 0 heterocycles. The number of benzene rings is 2. The number of methoxy groups -OCH3 is 1. The van der Waals surface area contributed by atoms with Gasteiger partial charge in [-0.05, 0) is 48.6 Å². The molecule has 2 aromatic carbocycles. The van der Waals surface area contributed by atoms with Crippen LogP contribution in [0.5, 0.6) is 17.2 Å². The Bertz CT molecular complexity index is 731. The fraction of sp³-hybridized carbons (Fsp3) is 0.435. The first-order chi connectivity index (χ1) is 13.5. The summed E-state index contributed by atoms with van der Waals surface area (Å²) in [6.07, 6.45) is 1.05. The topological polar surface area (TPSA) is 56.8 Å². The molecule has 0 aromatic heterocycles. The smallest absolute Gasteiger partial charge is 0.261 e. The van der Waals surface area contributed by atoms with Crippen LogP contribution in [0.4, 0.5) is 0 Å². The van der Waals surface area contributed by atoms with Gasteiger partial charge >= 0.3 is 0 Å². The van der Waals surface area contributed by atoms with Gasteiger partial charge in [0.1, 0.15) is 5.75 Å². The maximum atomic E-state index is 12.5. The Morgan fingerprint density at radius 3 is 2.46 bits per heavy atom. The lowest BCUT2D eigenvalue weighted by Gasteiger charge is -2.18. The lowest BCUT2D eigenvalue weighted by atomic mass is 10.1. The molecule has 0 fully saturated rings. The minimum atomic E-state index is -0.525. The van der Waals surface area contributed by atoms with E-state index in [9.17, 15) is 4.79 Å². The highest BCUT2D eigenvalue weighted by atomic mass is 16.5. The van der Waals surface area contributed by atoms with Gasteiger partial charge in [0.25, 0.3) is 5.91 Å². The predicted molar refractivity (Wildman–Crippen MR) is 111 cm³/mol. The van der Waals surface area contributed by atoms with Crippen LogP contribution in [-0.4, -0.2) is 25.7 Å². The summed E-state index contributed by atoms with van der Waals surface area (Å²) in [4.78, 5) is 12.5. The third kappa shape index (κ3) is 6.80. The van der Waals surface area contributed by atoms with Gasteiger partial charge in [0.05, 0.1) is 13.7 Å². The summed E-state index contributed by atoms with van der Waals surface area (Å²) >= 11 is 0. The zero-order chi connectivity index (χ0) is 20.4. The van der Waals surface area contributed by atoms with E-state index in [1.54, 1.807) is 7.11 Å². The third-order valence-electron chi connectivity index (χ3n) is 4.33. The Morgan fingerprint density at radius 2 is 1.82 bits per heavy atom. The first-order valence-corrected chi connectivity index (χ1v) is 9.82. The Kier molecular flexibility index (Phi) is 8.66. The molecule has 0 saturated carbocycles. The van der Waals surface area contributed by atoms with Gasteiger partial charge in [-0.2, -0.15) is 0 Å². The van der Waals surface area contributed by atoms with Crippen LogP contribution in [0, 0.1) is 5.92 Å². The predicted octanol–water partition coefficient (Wildman–Crippen LogP) is 4.59. The molecule has 5 heteroatoms. The maximum absolute atomic E-state index is 12.5. The molecule has 1 atom stereocenters. The van der Waals surface area contributed by atoms with E-state index in [1.165, 1.54) is 0 Å². The maximum Gasteiger partial charge on any atom is 0.261 e. The monoisotopic (exact) mass is 385 g/mol. The van der Waals surface area contributed by atoms with Crippen molar-refractivity contribution in [2.45, 2.75) is 46.3 Å². The molecule has 0 saturated heterocycles. The Morgan fingerprint density at radius 1 is 1.07 bits per heavy atom. The average molecular weight is 386 g/mol. The Hall–Kier alpha value is -2.69. The number of nitrogens with one attached hydrogen (secondary N) is 1. The van der Waals surface area contributed by atoms with Crippen molar-refractivity contribution in [2.75, 3.05) is 13.7 Å². The van der Waals surface area contributed by atoms with E-state index in [1.807, 2.05) is 55.5 Å². The number of amides is 1. The van der Waals surface area contributed by atoms with Crippen LogP contribution < -0.4 is 19.5 Å². The van der Waals surface area contributed by atoms with Crippen molar-refractivity contribution < 1.29 is 19.0 Å². The first-order valence-electron chi connectivity index (χ1n) is 9.82. The van der Waals surface area contributed by atoms with Crippen LogP contribution in [0.15, 0.2) is 48.5 Å². The zero-order valence-corrected chi connectivity index (χ0v) is 17.2. The highest BCUT2D eigenvalue weighted by Crippen LogP contribution is 2.28. The molecule has 0 radical (unpaired) electrons. The molecule has 5 nitrogen and oxygen atoms in total.